The summed E-state index contributed by atoms with van der Waals surface area (Å²) in [5.74, 6) is 0.146. The third-order valence-electron chi connectivity index (χ3n) is 2.99. The molecule has 5 heteroatoms. The zero-order valence-electron chi connectivity index (χ0n) is 11.5. The highest BCUT2D eigenvalue weighted by Gasteiger charge is 2.11. The number of hydrogen-bond acceptors (Lipinski definition) is 5. The van der Waals surface area contributed by atoms with E-state index in [0.717, 1.165) is 6.42 Å². The normalized spacial score (nSPS) is 11.7. The average molecular weight is 271 g/mol. The van der Waals surface area contributed by atoms with Crippen molar-refractivity contribution in [2.75, 3.05) is 12.4 Å². The van der Waals surface area contributed by atoms with Crippen LogP contribution < -0.4 is 5.32 Å². The lowest BCUT2D eigenvalue weighted by Crippen LogP contribution is -2.12. The first-order valence-corrected chi connectivity index (χ1v) is 6.48. The number of nitrogens with one attached hydrogen (secondary N) is 1. The molecule has 0 spiro atoms. The lowest BCUT2D eigenvalue weighted by molar-refractivity contribution is 0.0593. The smallest absolute Gasteiger partial charge is 0.358 e. The zero-order chi connectivity index (χ0) is 14.4. The van der Waals surface area contributed by atoms with E-state index in [2.05, 4.69) is 39.3 Å². The first-order valence-electron chi connectivity index (χ1n) is 6.48. The molecule has 20 heavy (non-hydrogen) atoms. The van der Waals surface area contributed by atoms with Gasteiger partial charge in [0.1, 0.15) is 5.82 Å². The Morgan fingerprint density at radius 2 is 1.95 bits per heavy atom. The van der Waals surface area contributed by atoms with Gasteiger partial charge in [-0.3, -0.25) is 0 Å². The van der Waals surface area contributed by atoms with Crippen LogP contribution in [-0.4, -0.2) is 23.3 Å². The van der Waals surface area contributed by atoms with Crippen LogP contribution in [0.5, 0.6) is 0 Å². The molecule has 0 aliphatic heterocycles. The topological polar surface area (TPSA) is 64.1 Å². The van der Waals surface area contributed by atoms with Crippen LogP contribution in [0.2, 0.25) is 0 Å². The Hall–Kier alpha value is -2.43. The molecule has 1 unspecified atom stereocenters. The highest BCUT2D eigenvalue weighted by atomic mass is 16.5. The van der Waals surface area contributed by atoms with Gasteiger partial charge in [-0.15, -0.1) is 10.2 Å². The fourth-order valence-corrected chi connectivity index (χ4v) is 1.91. The summed E-state index contributed by atoms with van der Waals surface area (Å²) in [6.07, 6.45) is 0.921. The quantitative estimate of drug-likeness (QED) is 0.847. The summed E-state index contributed by atoms with van der Waals surface area (Å²) in [6, 6.07) is 13.6. The van der Waals surface area contributed by atoms with Gasteiger partial charge in [-0.25, -0.2) is 4.79 Å². The molecule has 5 nitrogen and oxygen atoms in total. The van der Waals surface area contributed by atoms with Gasteiger partial charge in [-0.1, -0.05) is 37.3 Å². The Morgan fingerprint density at radius 1 is 1.20 bits per heavy atom. The predicted octanol–water partition coefficient (Wildman–Crippen LogP) is 2.83. The fourth-order valence-electron chi connectivity index (χ4n) is 1.91. The molecule has 1 aromatic heterocycles. The number of methoxy groups -OCH3 is 1. The Labute approximate surface area is 118 Å². The van der Waals surface area contributed by atoms with E-state index in [9.17, 15) is 4.79 Å². The Bertz CT molecular complexity index is 555. The van der Waals surface area contributed by atoms with Crippen LogP contribution in [0.1, 0.15) is 35.4 Å². The van der Waals surface area contributed by atoms with Crippen molar-refractivity contribution < 1.29 is 9.53 Å². The van der Waals surface area contributed by atoms with E-state index in [4.69, 9.17) is 0 Å². The molecule has 1 heterocycles. The van der Waals surface area contributed by atoms with Crippen LogP contribution in [0.3, 0.4) is 0 Å². The second-order valence-corrected chi connectivity index (χ2v) is 4.31. The van der Waals surface area contributed by atoms with Gasteiger partial charge in [0.05, 0.1) is 13.2 Å². The number of carbonyl (C=O) groups is 1. The number of esters is 1. The number of aromatic nitrogens is 2. The largest absolute Gasteiger partial charge is 0.464 e. The first-order chi connectivity index (χ1) is 9.74. The molecule has 1 N–H and O–H groups in total. The summed E-state index contributed by atoms with van der Waals surface area (Å²) >= 11 is 0. The lowest BCUT2D eigenvalue weighted by Gasteiger charge is -2.17. The molecule has 0 amide bonds. The molecule has 2 aromatic rings. The molecule has 0 saturated heterocycles. The second kappa shape index (κ2) is 6.65. The van der Waals surface area contributed by atoms with Gasteiger partial charge < -0.3 is 10.1 Å². The fraction of sp³-hybridized carbons (Fsp3) is 0.267. The van der Waals surface area contributed by atoms with Crippen molar-refractivity contribution in [3.8, 4) is 0 Å². The van der Waals surface area contributed by atoms with Crippen LogP contribution in [-0.2, 0) is 4.74 Å². The van der Waals surface area contributed by atoms with E-state index in [1.165, 1.54) is 12.7 Å². The molecular formula is C15H17N3O2. The summed E-state index contributed by atoms with van der Waals surface area (Å²) < 4.78 is 4.59. The molecule has 1 atom stereocenters. The zero-order valence-corrected chi connectivity index (χ0v) is 11.5. The minimum atomic E-state index is -0.487. The molecular weight excluding hydrogens is 254 g/mol. The molecule has 0 saturated carbocycles. The minimum absolute atomic E-state index is 0.162. The highest BCUT2D eigenvalue weighted by molar-refractivity contribution is 5.86. The minimum Gasteiger partial charge on any atom is -0.464 e. The van der Waals surface area contributed by atoms with E-state index >= 15 is 0 Å². The SMILES string of the molecule is CCC(Nc1ccc(C(=O)OC)nn1)c1ccccc1. The number of carbonyl (C=O) groups excluding carboxylic acids is 1. The second-order valence-electron chi connectivity index (χ2n) is 4.31. The summed E-state index contributed by atoms with van der Waals surface area (Å²) in [5, 5.41) is 11.1. The number of benzene rings is 1. The van der Waals surface area contributed by atoms with Crippen molar-refractivity contribution in [1.82, 2.24) is 10.2 Å². The number of anilines is 1. The predicted molar refractivity (Wildman–Crippen MR) is 76.5 cm³/mol. The maximum absolute atomic E-state index is 11.3. The molecule has 104 valence electrons. The van der Waals surface area contributed by atoms with Crippen molar-refractivity contribution >= 4 is 11.8 Å². The molecule has 0 fully saturated rings. The molecule has 0 aliphatic carbocycles. The monoisotopic (exact) mass is 271 g/mol. The van der Waals surface area contributed by atoms with E-state index in [0.29, 0.717) is 5.82 Å². The third kappa shape index (κ3) is 3.32. The van der Waals surface area contributed by atoms with Crippen LogP contribution in [0.25, 0.3) is 0 Å². The maximum atomic E-state index is 11.3. The molecule has 0 bridgehead atoms. The summed E-state index contributed by atoms with van der Waals surface area (Å²) in [5.41, 5.74) is 1.39. The molecule has 2 rings (SSSR count). The van der Waals surface area contributed by atoms with Crippen molar-refractivity contribution in [3.63, 3.8) is 0 Å². The van der Waals surface area contributed by atoms with Gasteiger partial charge in [-0.05, 0) is 24.1 Å². The Morgan fingerprint density at radius 3 is 2.50 bits per heavy atom. The van der Waals surface area contributed by atoms with Gasteiger partial charge in [0, 0.05) is 0 Å². The summed E-state index contributed by atoms with van der Waals surface area (Å²) in [6.45, 7) is 2.10. The average Bonchev–Trinajstić information content (AvgIpc) is 2.53. The third-order valence-corrected chi connectivity index (χ3v) is 2.99. The van der Waals surface area contributed by atoms with Crippen LogP contribution in [0.4, 0.5) is 5.82 Å². The van der Waals surface area contributed by atoms with Crippen LogP contribution in [0.15, 0.2) is 42.5 Å². The number of rotatable bonds is 5. The highest BCUT2D eigenvalue weighted by Crippen LogP contribution is 2.20. The van der Waals surface area contributed by atoms with Crippen molar-refractivity contribution in [2.45, 2.75) is 19.4 Å². The van der Waals surface area contributed by atoms with Gasteiger partial charge in [-0.2, -0.15) is 0 Å². The summed E-state index contributed by atoms with van der Waals surface area (Å²) in [4.78, 5) is 11.3. The maximum Gasteiger partial charge on any atom is 0.358 e. The van der Waals surface area contributed by atoms with Gasteiger partial charge >= 0.3 is 5.97 Å². The summed E-state index contributed by atoms with van der Waals surface area (Å²) in [7, 11) is 1.32. The molecule has 1 aromatic carbocycles. The molecule has 0 radical (unpaired) electrons. The number of ether oxygens (including phenoxy) is 1. The Kier molecular flexibility index (Phi) is 4.65. The number of hydrogen-bond donors (Lipinski definition) is 1. The van der Waals surface area contributed by atoms with E-state index in [-0.39, 0.29) is 11.7 Å². The first kappa shape index (κ1) is 14.0. The van der Waals surface area contributed by atoms with Crippen LogP contribution in [0, 0.1) is 0 Å². The molecule has 0 aliphatic rings. The van der Waals surface area contributed by atoms with E-state index < -0.39 is 5.97 Å². The number of nitrogens with zero attached hydrogens (tertiary/aromatic N) is 2. The van der Waals surface area contributed by atoms with Gasteiger partial charge in [0.25, 0.3) is 0 Å². The van der Waals surface area contributed by atoms with Crippen molar-refractivity contribution in [2.24, 2.45) is 0 Å². The van der Waals surface area contributed by atoms with Crippen molar-refractivity contribution in [3.05, 3.63) is 53.7 Å². The van der Waals surface area contributed by atoms with E-state index in [1.54, 1.807) is 12.1 Å². The van der Waals surface area contributed by atoms with Gasteiger partial charge in [0.2, 0.25) is 0 Å². The van der Waals surface area contributed by atoms with Gasteiger partial charge in [0.15, 0.2) is 5.69 Å². The Balaban J connectivity index is 2.10. The van der Waals surface area contributed by atoms with Crippen molar-refractivity contribution in [1.29, 1.82) is 0 Å². The lowest BCUT2D eigenvalue weighted by atomic mass is 10.0. The van der Waals surface area contributed by atoms with Crippen LogP contribution >= 0.6 is 0 Å². The van der Waals surface area contributed by atoms with E-state index in [1.807, 2.05) is 18.2 Å². The standard InChI is InChI=1S/C15H17N3O2/c1-3-12(11-7-5-4-6-8-11)16-14-10-9-13(17-18-14)15(19)20-2/h4-10,12H,3H2,1-2H3,(H,16,18).